The van der Waals surface area contributed by atoms with E-state index in [1.807, 2.05) is 18.2 Å². The Morgan fingerprint density at radius 3 is 2.68 bits per heavy atom. The number of benzene rings is 1. The number of rotatable bonds is 5. The summed E-state index contributed by atoms with van der Waals surface area (Å²) in [6, 6.07) is 11.8. The van der Waals surface area contributed by atoms with E-state index in [-0.39, 0.29) is 13.2 Å². The van der Waals surface area contributed by atoms with E-state index < -0.39 is 0 Å². The van der Waals surface area contributed by atoms with Gasteiger partial charge in [0.05, 0.1) is 5.52 Å². The molecule has 0 radical (unpaired) electrons. The second kappa shape index (κ2) is 6.30. The Kier molecular flexibility index (Phi) is 4.22. The molecular formula is C18H19NO3. The third-order valence-corrected chi connectivity index (χ3v) is 3.70. The summed E-state index contributed by atoms with van der Waals surface area (Å²) >= 11 is 0. The summed E-state index contributed by atoms with van der Waals surface area (Å²) in [5, 5.41) is 19.4. The van der Waals surface area contributed by atoms with Crippen molar-refractivity contribution in [3.8, 4) is 11.5 Å². The van der Waals surface area contributed by atoms with Gasteiger partial charge in [0.2, 0.25) is 0 Å². The Morgan fingerprint density at radius 1 is 1.09 bits per heavy atom. The first kappa shape index (κ1) is 14.8. The maximum absolute atomic E-state index is 9.16. The minimum Gasteiger partial charge on any atom is -0.457 e. The molecule has 3 rings (SSSR count). The molecule has 0 saturated heterocycles. The lowest BCUT2D eigenvalue weighted by Crippen LogP contribution is -1.96. The largest absolute Gasteiger partial charge is 0.457 e. The molecule has 0 aliphatic carbocycles. The molecule has 0 aliphatic heterocycles. The number of aliphatic hydroxyl groups excluding tert-OH is 2. The molecule has 0 bridgehead atoms. The number of furan rings is 1. The number of hydrogen-bond donors (Lipinski definition) is 2. The number of aliphatic hydroxyl groups is 2. The van der Waals surface area contributed by atoms with Gasteiger partial charge >= 0.3 is 0 Å². The van der Waals surface area contributed by atoms with Crippen molar-refractivity contribution in [2.24, 2.45) is 0 Å². The molecule has 2 heterocycles. The molecule has 2 N–H and O–H groups in total. The molecule has 4 heteroatoms. The van der Waals surface area contributed by atoms with Crippen LogP contribution >= 0.6 is 0 Å². The highest BCUT2D eigenvalue weighted by Gasteiger charge is 2.13. The number of nitrogens with zero attached hydrogens (tertiary/aromatic N) is 1. The van der Waals surface area contributed by atoms with Crippen LogP contribution in [0.3, 0.4) is 0 Å². The summed E-state index contributed by atoms with van der Waals surface area (Å²) in [5.74, 6) is 1.17. The molecule has 3 aromatic rings. The molecule has 0 aliphatic rings. The monoisotopic (exact) mass is 297 g/mol. The van der Waals surface area contributed by atoms with E-state index in [0.717, 1.165) is 28.6 Å². The fourth-order valence-electron chi connectivity index (χ4n) is 2.60. The Morgan fingerprint density at radius 2 is 1.95 bits per heavy atom. The normalized spacial score (nSPS) is 11.2. The fourth-order valence-corrected chi connectivity index (χ4v) is 2.60. The molecule has 1 aromatic carbocycles. The van der Waals surface area contributed by atoms with E-state index in [1.54, 1.807) is 6.07 Å². The summed E-state index contributed by atoms with van der Waals surface area (Å²) in [5.41, 5.74) is 3.93. The third-order valence-electron chi connectivity index (χ3n) is 3.70. The predicted octanol–water partition coefficient (Wildman–Crippen LogP) is 3.22. The number of fused-ring (bicyclic) bond motifs is 1. The van der Waals surface area contributed by atoms with Crippen molar-refractivity contribution in [3.05, 3.63) is 53.3 Å². The number of aryl methyl sites for hydroxylation is 2. The summed E-state index contributed by atoms with van der Waals surface area (Å²) in [4.78, 5) is 4.73. The zero-order valence-corrected chi connectivity index (χ0v) is 12.5. The average molecular weight is 297 g/mol. The highest BCUT2D eigenvalue weighted by Crippen LogP contribution is 2.28. The first-order chi connectivity index (χ1) is 10.7. The van der Waals surface area contributed by atoms with Crippen LogP contribution in [-0.2, 0) is 13.0 Å². The van der Waals surface area contributed by atoms with Crippen LogP contribution in [0.4, 0.5) is 0 Å². The second-order valence-electron chi connectivity index (χ2n) is 5.44. The van der Waals surface area contributed by atoms with Crippen molar-refractivity contribution >= 4 is 10.9 Å². The molecule has 0 saturated carbocycles. The van der Waals surface area contributed by atoms with Gasteiger partial charge in [-0.05, 0) is 55.7 Å². The van der Waals surface area contributed by atoms with E-state index in [9.17, 15) is 0 Å². The van der Waals surface area contributed by atoms with Crippen LogP contribution in [0.15, 0.2) is 40.8 Å². The maximum atomic E-state index is 9.16. The SMILES string of the molecule is Cc1ccc2nc(-c3ccc(CO)o3)c(CCCO)cc2c1. The lowest BCUT2D eigenvalue weighted by molar-refractivity contribution is 0.248. The lowest BCUT2D eigenvalue weighted by Gasteiger charge is -2.09. The van der Waals surface area contributed by atoms with Crippen molar-refractivity contribution in [1.82, 2.24) is 4.98 Å². The molecule has 2 aromatic heterocycles. The Hall–Kier alpha value is -2.17. The Balaban J connectivity index is 2.14. The minimum atomic E-state index is -0.126. The number of hydrogen-bond acceptors (Lipinski definition) is 4. The predicted molar refractivity (Wildman–Crippen MR) is 85.5 cm³/mol. The van der Waals surface area contributed by atoms with E-state index in [4.69, 9.17) is 19.6 Å². The van der Waals surface area contributed by atoms with Crippen molar-refractivity contribution in [2.45, 2.75) is 26.4 Å². The summed E-state index contributed by atoms with van der Waals surface area (Å²) in [7, 11) is 0. The van der Waals surface area contributed by atoms with E-state index in [2.05, 4.69) is 19.1 Å². The Bertz CT molecular complexity index is 792. The molecular weight excluding hydrogens is 278 g/mol. The fraction of sp³-hybridized carbons (Fsp3) is 0.278. The molecule has 0 amide bonds. The zero-order valence-electron chi connectivity index (χ0n) is 12.5. The second-order valence-corrected chi connectivity index (χ2v) is 5.44. The van der Waals surface area contributed by atoms with Crippen LogP contribution in [0.25, 0.3) is 22.4 Å². The summed E-state index contributed by atoms with van der Waals surface area (Å²) in [6.07, 6.45) is 1.41. The average Bonchev–Trinajstić information content (AvgIpc) is 3.00. The van der Waals surface area contributed by atoms with Crippen LogP contribution in [-0.4, -0.2) is 21.8 Å². The summed E-state index contributed by atoms with van der Waals surface area (Å²) in [6.45, 7) is 2.07. The van der Waals surface area contributed by atoms with E-state index >= 15 is 0 Å². The van der Waals surface area contributed by atoms with Crippen LogP contribution in [0.1, 0.15) is 23.3 Å². The van der Waals surface area contributed by atoms with Gasteiger partial charge in [-0.3, -0.25) is 0 Å². The van der Waals surface area contributed by atoms with Crippen LogP contribution in [0, 0.1) is 6.92 Å². The molecule has 0 atom stereocenters. The standard InChI is InChI=1S/C18H19NO3/c1-12-4-6-16-14(9-12)10-13(3-2-8-20)18(19-16)17-7-5-15(11-21)22-17/h4-7,9-10,20-21H,2-3,8,11H2,1H3. The molecule has 0 fully saturated rings. The van der Waals surface area contributed by atoms with Crippen LogP contribution in [0.2, 0.25) is 0 Å². The van der Waals surface area contributed by atoms with Gasteiger partial charge in [0.1, 0.15) is 18.1 Å². The van der Waals surface area contributed by atoms with Gasteiger partial charge in [0, 0.05) is 12.0 Å². The zero-order chi connectivity index (χ0) is 15.5. The van der Waals surface area contributed by atoms with Crippen molar-refractivity contribution in [2.75, 3.05) is 6.61 Å². The quantitative estimate of drug-likeness (QED) is 0.759. The van der Waals surface area contributed by atoms with Gasteiger partial charge in [-0.1, -0.05) is 11.6 Å². The van der Waals surface area contributed by atoms with Crippen molar-refractivity contribution in [1.29, 1.82) is 0 Å². The smallest absolute Gasteiger partial charge is 0.153 e. The summed E-state index contributed by atoms with van der Waals surface area (Å²) < 4.78 is 5.64. The molecule has 22 heavy (non-hydrogen) atoms. The van der Waals surface area contributed by atoms with E-state index in [0.29, 0.717) is 17.9 Å². The van der Waals surface area contributed by atoms with Gasteiger partial charge in [-0.15, -0.1) is 0 Å². The van der Waals surface area contributed by atoms with Gasteiger partial charge in [0.25, 0.3) is 0 Å². The minimum absolute atomic E-state index is 0.126. The van der Waals surface area contributed by atoms with Crippen LogP contribution < -0.4 is 0 Å². The Labute approximate surface area is 129 Å². The lowest BCUT2D eigenvalue weighted by atomic mass is 10.0. The molecule has 114 valence electrons. The highest BCUT2D eigenvalue weighted by molar-refractivity contribution is 5.83. The first-order valence-corrected chi connectivity index (χ1v) is 7.42. The van der Waals surface area contributed by atoms with Gasteiger partial charge in [-0.2, -0.15) is 0 Å². The van der Waals surface area contributed by atoms with Gasteiger partial charge < -0.3 is 14.6 Å². The van der Waals surface area contributed by atoms with E-state index in [1.165, 1.54) is 5.56 Å². The maximum Gasteiger partial charge on any atom is 0.153 e. The topological polar surface area (TPSA) is 66.5 Å². The van der Waals surface area contributed by atoms with Crippen LogP contribution in [0.5, 0.6) is 0 Å². The number of aromatic nitrogens is 1. The highest BCUT2D eigenvalue weighted by atomic mass is 16.4. The number of pyridine rings is 1. The molecule has 0 spiro atoms. The van der Waals surface area contributed by atoms with Gasteiger partial charge in [0.15, 0.2) is 5.76 Å². The third kappa shape index (κ3) is 2.89. The van der Waals surface area contributed by atoms with Gasteiger partial charge in [-0.25, -0.2) is 4.98 Å². The molecule has 0 unspecified atom stereocenters. The first-order valence-electron chi connectivity index (χ1n) is 7.42. The van der Waals surface area contributed by atoms with Crippen molar-refractivity contribution < 1.29 is 14.6 Å². The van der Waals surface area contributed by atoms with Crippen molar-refractivity contribution in [3.63, 3.8) is 0 Å². The molecule has 4 nitrogen and oxygen atoms in total.